The maximum Gasteiger partial charge on any atom is 0.335 e. The van der Waals surface area contributed by atoms with Gasteiger partial charge < -0.3 is 9.47 Å². The lowest BCUT2D eigenvalue weighted by Crippen LogP contribution is -2.66. The summed E-state index contributed by atoms with van der Waals surface area (Å²) in [5.41, 5.74) is 0.804. The van der Waals surface area contributed by atoms with Crippen molar-refractivity contribution >= 4 is 35.4 Å². The highest BCUT2D eigenvalue weighted by molar-refractivity contribution is 7.99. The van der Waals surface area contributed by atoms with E-state index >= 15 is 0 Å². The highest BCUT2D eigenvalue weighted by Crippen LogP contribution is 2.52. The van der Waals surface area contributed by atoms with Crippen LogP contribution in [-0.2, 0) is 19.1 Å². The Bertz CT molecular complexity index is 723. The molecular formula is C18H23N3O4S2. The van der Waals surface area contributed by atoms with Crippen LogP contribution in [0.25, 0.3) is 0 Å². The Kier molecular flexibility index (Phi) is 5.52. The molecule has 2 bridgehead atoms. The maximum absolute atomic E-state index is 12.2. The second-order valence-electron chi connectivity index (χ2n) is 7.12. The van der Waals surface area contributed by atoms with Crippen molar-refractivity contribution in [2.45, 2.75) is 55.9 Å². The first-order valence-corrected chi connectivity index (χ1v) is 11.2. The minimum atomic E-state index is -1.41. The molecule has 5 rings (SSSR count). The van der Waals surface area contributed by atoms with Crippen LogP contribution in [-0.4, -0.2) is 50.3 Å². The van der Waals surface area contributed by atoms with E-state index in [1.165, 1.54) is 24.6 Å². The summed E-state index contributed by atoms with van der Waals surface area (Å²) >= 11 is 2.86. The Morgan fingerprint density at radius 1 is 1.19 bits per heavy atom. The molecule has 146 valence electrons. The highest BCUT2D eigenvalue weighted by atomic mass is 32.2. The largest absolute Gasteiger partial charge is 0.404 e. The average molecular weight is 410 g/mol. The van der Waals surface area contributed by atoms with Crippen molar-refractivity contribution in [2.24, 2.45) is 5.92 Å². The van der Waals surface area contributed by atoms with E-state index in [-0.39, 0.29) is 11.8 Å². The molecule has 5 heterocycles. The van der Waals surface area contributed by atoms with Crippen molar-refractivity contribution in [3.05, 3.63) is 17.8 Å². The lowest BCUT2D eigenvalue weighted by atomic mass is 9.74. The van der Waals surface area contributed by atoms with Gasteiger partial charge in [-0.05, 0) is 30.9 Å². The van der Waals surface area contributed by atoms with Crippen molar-refractivity contribution < 1.29 is 19.1 Å². The Morgan fingerprint density at radius 2 is 1.89 bits per heavy atom. The van der Waals surface area contributed by atoms with Gasteiger partial charge in [-0.25, -0.2) is 14.5 Å². The van der Waals surface area contributed by atoms with Gasteiger partial charge in [0.05, 0.1) is 11.7 Å². The summed E-state index contributed by atoms with van der Waals surface area (Å²) in [6, 6.07) is 0. The van der Waals surface area contributed by atoms with E-state index < -0.39 is 17.8 Å². The number of hydrogen-bond donors (Lipinski definition) is 0. The van der Waals surface area contributed by atoms with Gasteiger partial charge in [-0.1, -0.05) is 19.8 Å². The molecule has 3 fully saturated rings. The predicted molar refractivity (Wildman–Crippen MR) is 101 cm³/mol. The summed E-state index contributed by atoms with van der Waals surface area (Å²) in [5.74, 6) is -1.61. The molecule has 0 saturated carbocycles. The third kappa shape index (κ3) is 3.52. The Morgan fingerprint density at radius 3 is 2.56 bits per heavy atom. The molecule has 7 nitrogen and oxygen atoms in total. The van der Waals surface area contributed by atoms with Gasteiger partial charge in [0.2, 0.25) is 0 Å². The van der Waals surface area contributed by atoms with Crippen LogP contribution in [0.15, 0.2) is 17.2 Å². The number of thioether (sulfide) groups is 1. The number of rotatable bonds is 6. The Labute approximate surface area is 166 Å². The second kappa shape index (κ2) is 7.89. The summed E-state index contributed by atoms with van der Waals surface area (Å²) < 4.78 is 20.6. The first-order chi connectivity index (χ1) is 13.1. The lowest BCUT2D eigenvalue weighted by Gasteiger charge is -2.55. The summed E-state index contributed by atoms with van der Waals surface area (Å²) in [4.78, 5) is 26.4. The van der Waals surface area contributed by atoms with E-state index in [1.807, 2.05) is 4.90 Å². The van der Waals surface area contributed by atoms with E-state index in [1.54, 1.807) is 11.8 Å². The lowest BCUT2D eigenvalue weighted by molar-refractivity contribution is -0.324. The molecule has 0 aliphatic carbocycles. The number of aromatic nitrogens is 2. The van der Waals surface area contributed by atoms with Gasteiger partial charge in [-0.2, -0.15) is 8.75 Å². The molecule has 4 aliphatic rings. The van der Waals surface area contributed by atoms with Crippen molar-refractivity contribution in [3.63, 3.8) is 0 Å². The molecule has 1 unspecified atom stereocenters. The first-order valence-electron chi connectivity index (χ1n) is 9.48. The fourth-order valence-electron chi connectivity index (χ4n) is 4.20. The number of carbonyl (C=O) groups excluding carboxylic acids is 2. The van der Waals surface area contributed by atoms with Crippen LogP contribution in [0.2, 0.25) is 0 Å². The van der Waals surface area contributed by atoms with E-state index in [2.05, 4.69) is 15.7 Å². The summed E-state index contributed by atoms with van der Waals surface area (Å²) in [6.45, 7) is 3.65. The van der Waals surface area contributed by atoms with E-state index in [0.717, 1.165) is 61.0 Å². The molecule has 0 amide bonds. The zero-order valence-corrected chi connectivity index (χ0v) is 16.9. The topological polar surface area (TPSA) is 81.6 Å². The molecule has 0 N–H and O–H groups in total. The minimum absolute atomic E-state index is 0.243. The van der Waals surface area contributed by atoms with Gasteiger partial charge in [-0.15, -0.1) is 11.8 Å². The monoisotopic (exact) mass is 409 g/mol. The van der Waals surface area contributed by atoms with Crippen LogP contribution in [0.4, 0.5) is 0 Å². The summed E-state index contributed by atoms with van der Waals surface area (Å²) in [5, 5.41) is 0.874. The molecule has 1 atom stereocenters. The molecule has 1 aromatic rings. The smallest absolute Gasteiger partial charge is 0.335 e. The number of ether oxygens (including phenoxy) is 2. The molecular weight excluding hydrogens is 386 g/mol. The van der Waals surface area contributed by atoms with Crippen LogP contribution in [0.1, 0.15) is 50.6 Å². The van der Waals surface area contributed by atoms with Gasteiger partial charge >= 0.3 is 17.8 Å². The van der Waals surface area contributed by atoms with E-state index in [9.17, 15) is 9.59 Å². The van der Waals surface area contributed by atoms with Crippen molar-refractivity contribution in [1.29, 1.82) is 0 Å². The molecule has 0 aromatic carbocycles. The number of unbranched alkanes of at least 4 members (excludes halogenated alkanes) is 2. The molecule has 9 heteroatoms. The Hall–Kier alpha value is -1.45. The first kappa shape index (κ1) is 18.9. The van der Waals surface area contributed by atoms with E-state index in [4.69, 9.17) is 9.47 Å². The molecule has 4 aliphatic heterocycles. The summed E-state index contributed by atoms with van der Waals surface area (Å²) in [6.07, 6.45) is 7.68. The quantitative estimate of drug-likeness (QED) is 0.403. The molecule has 0 radical (unpaired) electrons. The van der Waals surface area contributed by atoms with Crippen LogP contribution in [0.3, 0.4) is 0 Å². The number of fused-ring (bicyclic) bond motifs is 2. The van der Waals surface area contributed by atoms with Gasteiger partial charge in [0.15, 0.2) is 0 Å². The highest BCUT2D eigenvalue weighted by Gasteiger charge is 2.62. The second-order valence-corrected chi connectivity index (χ2v) is 8.73. The minimum Gasteiger partial charge on any atom is -0.404 e. The van der Waals surface area contributed by atoms with Gasteiger partial charge in [0.25, 0.3) is 0 Å². The summed E-state index contributed by atoms with van der Waals surface area (Å²) in [7, 11) is 0. The average Bonchev–Trinajstić information content (AvgIpc) is 3.06. The third-order valence-electron chi connectivity index (χ3n) is 5.46. The Balaban J connectivity index is 1.67. The normalized spacial score (nSPS) is 28.9. The molecule has 1 aromatic heterocycles. The van der Waals surface area contributed by atoms with Crippen LogP contribution in [0.5, 0.6) is 0 Å². The number of hydrogen-bond acceptors (Lipinski definition) is 9. The molecule has 3 saturated heterocycles. The van der Waals surface area contributed by atoms with Crippen LogP contribution >= 0.6 is 23.5 Å². The van der Waals surface area contributed by atoms with Crippen molar-refractivity contribution in [1.82, 2.24) is 13.6 Å². The number of carbonyl (C=O) groups is 2. The zero-order valence-electron chi connectivity index (χ0n) is 15.3. The van der Waals surface area contributed by atoms with Gasteiger partial charge in [0.1, 0.15) is 16.6 Å². The zero-order chi connectivity index (χ0) is 18.9. The van der Waals surface area contributed by atoms with Crippen LogP contribution < -0.4 is 0 Å². The van der Waals surface area contributed by atoms with Gasteiger partial charge in [0, 0.05) is 25.2 Å². The number of piperidine rings is 3. The molecule has 27 heavy (non-hydrogen) atoms. The van der Waals surface area contributed by atoms with Crippen molar-refractivity contribution in [2.75, 3.05) is 18.8 Å². The predicted octanol–water partition coefficient (Wildman–Crippen LogP) is 2.94. The standard InChI is InChI=1S/C18H23N3O4S2/c1-2-3-4-11-26-17-16(19-27-20-17)15-12-7-9-21(10-8-12)18(15)24-13(22)5-6-14(23)25-18/h5-6,12,15H,2-4,7-11H2,1H3. The maximum atomic E-state index is 12.2. The number of nitrogens with zero attached hydrogens (tertiary/aromatic N) is 3. The van der Waals surface area contributed by atoms with E-state index in [0.29, 0.717) is 0 Å². The number of esters is 2. The van der Waals surface area contributed by atoms with Crippen molar-refractivity contribution in [3.8, 4) is 0 Å². The third-order valence-corrected chi connectivity index (χ3v) is 7.18. The van der Waals surface area contributed by atoms with Crippen LogP contribution in [0, 0.1) is 5.92 Å². The van der Waals surface area contributed by atoms with Gasteiger partial charge in [-0.3, -0.25) is 0 Å². The fourth-order valence-corrected chi connectivity index (χ4v) is 5.93. The molecule has 1 spiro atoms. The fraction of sp³-hybridized carbons (Fsp3) is 0.667. The SMILES string of the molecule is CCCCCSc1nsnc1C1C2CCN(CC2)C12OC(=O)C=CC(=O)O2.